The summed E-state index contributed by atoms with van der Waals surface area (Å²) in [6.07, 6.45) is 2.92. The van der Waals surface area contributed by atoms with E-state index < -0.39 is 35.2 Å². The average Bonchev–Trinajstić information content (AvgIpc) is 2.37. The number of carbonyl (C=O) groups excluding carboxylic acids is 1. The molecule has 1 amide bonds. The molecule has 0 aromatic carbocycles. The highest BCUT2D eigenvalue weighted by Crippen LogP contribution is 2.10. The average molecular weight is 290 g/mol. The third-order valence-corrected chi connectivity index (χ3v) is 2.95. The van der Waals surface area contributed by atoms with Gasteiger partial charge >= 0.3 is 5.97 Å². The van der Waals surface area contributed by atoms with E-state index in [1.54, 1.807) is 6.26 Å². The smallest absolute Gasteiger partial charge is 0.326 e. The van der Waals surface area contributed by atoms with Gasteiger partial charge in [0.2, 0.25) is 5.95 Å². The molecule has 0 saturated carbocycles. The molecule has 0 saturated heterocycles. The molecule has 0 bridgehead atoms. The molecule has 1 aromatic heterocycles. The Morgan fingerprint density at radius 1 is 1.53 bits per heavy atom. The predicted octanol–water partition coefficient (Wildman–Crippen LogP) is 1.30. The molecule has 0 aliphatic heterocycles. The molecule has 104 valence electrons. The van der Waals surface area contributed by atoms with Crippen LogP contribution in [-0.4, -0.2) is 40.0 Å². The van der Waals surface area contributed by atoms with Crippen LogP contribution < -0.4 is 5.32 Å². The van der Waals surface area contributed by atoms with Crippen molar-refractivity contribution in [3.05, 3.63) is 29.6 Å². The van der Waals surface area contributed by atoms with Crippen molar-refractivity contribution < 1.29 is 23.5 Å². The molecule has 1 aromatic rings. The summed E-state index contributed by atoms with van der Waals surface area (Å²) in [5.74, 6) is -4.48. The Labute approximate surface area is 112 Å². The van der Waals surface area contributed by atoms with Gasteiger partial charge in [-0.1, -0.05) is 0 Å². The molecule has 0 fully saturated rings. The number of nitrogens with zero attached hydrogens (tertiary/aromatic N) is 1. The number of hydrogen-bond acceptors (Lipinski definition) is 4. The number of thioether (sulfide) groups is 1. The zero-order chi connectivity index (χ0) is 14.4. The SMILES string of the molecule is CSCCC(NC(=O)c1ccnc(F)c1F)C(=O)O. The summed E-state index contributed by atoms with van der Waals surface area (Å²) >= 11 is 1.42. The fourth-order valence-electron chi connectivity index (χ4n) is 1.32. The highest BCUT2D eigenvalue weighted by Gasteiger charge is 2.23. The van der Waals surface area contributed by atoms with Crippen molar-refractivity contribution in [3.63, 3.8) is 0 Å². The standard InChI is InChI=1S/C11H12F2N2O3S/c1-19-5-3-7(11(17)18)15-10(16)6-2-4-14-9(13)8(6)12/h2,4,7H,3,5H2,1H3,(H,15,16)(H,17,18). The molecule has 1 rings (SSSR count). The number of rotatable bonds is 6. The largest absolute Gasteiger partial charge is 0.480 e. The zero-order valence-corrected chi connectivity index (χ0v) is 10.8. The molecule has 19 heavy (non-hydrogen) atoms. The van der Waals surface area contributed by atoms with Crippen LogP contribution >= 0.6 is 11.8 Å². The van der Waals surface area contributed by atoms with E-state index in [0.29, 0.717) is 5.75 Å². The molecule has 2 N–H and O–H groups in total. The van der Waals surface area contributed by atoms with Crippen LogP contribution in [0, 0.1) is 11.8 Å². The van der Waals surface area contributed by atoms with E-state index in [9.17, 15) is 18.4 Å². The third-order valence-electron chi connectivity index (χ3n) is 2.31. The number of hydrogen-bond donors (Lipinski definition) is 2. The zero-order valence-electron chi connectivity index (χ0n) is 10.0. The summed E-state index contributed by atoms with van der Waals surface area (Å²) in [4.78, 5) is 25.6. The minimum absolute atomic E-state index is 0.192. The summed E-state index contributed by atoms with van der Waals surface area (Å²) in [5, 5.41) is 11.1. The van der Waals surface area contributed by atoms with Crippen molar-refractivity contribution in [2.24, 2.45) is 0 Å². The van der Waals surface area contributed by atoms with Gasteiger partial charge in [-0.15, -0.1) is 0 Å². The van der Waals surface area contributed by atoms with Gasteiger partial charge in [-0.2, -0.15) is 16.2 Å². The van der Waals surface area contributed by atoms with Crippen LogP contribution in [0.2, 0.25) is 0 Å². The van der Waals surface area contributed by atoms with E-state index in [1.807, 2.05) is 0 Å². The Morgan fingerprint density at radius 2 is 2.21 bits per heavy atom. The quantitative estimate of drug-likeness (QED) is 0.772. The van der Waals surface area contributed by atoms with Gasteiger partial charge in [0, 0.05) is 6.20 Å². The fourth-order valence-corrected chi connectivity index (χ4v) is 1.79. The molecule has 1 unspecified atom stereocenters. The minimum Gasteiger partial charge on any atom is -0.480 e. The van der Waals surface area contributed by atoms with E-state index in [4.69, 9.17) is 5.11 Å². The Hall–Kier alpha value is -1.70. The first-order chi connectivity index (χ1) is 8.97. The van der Waals surface area contributed by atoms with Crippen LogP contribution in [0.15, 0.2) is 12.3 Å². The first kappa shape index (κ1) is 15.4. The van der Waals surface area contributed by atoms with E-state index in [2.05, 4.69) is 10.3 Å². The molecule has 1 heterocycles. The van der Waals surface area contributed by atoms with Crippen molar-refractivity contribution in [2.75, 3.05) is 12.0 Å². The van der Waals surface area contributed by atoms with Crippen LogP contribution in [-0.2, 0) is 4.79 Å². The van der Waals surface area contributed by atoms with Gasteiger partial charge in [0.05, 0.1) is 5.56 Å². The number of amides is 1. The van der Waals surface area contributed by atoms with Crippen LogP contribution in [0.4, 0.5) is 8.78 Å². The number of carboxylic acids is 1. The topological polar surface area (TPSA) is 79.3 Å². The summed E-state index contributed by atoms with van der Waals surface area (Å²) < 4.78 is 26.2. The summed E-state index contributed by atoms with van der Waals surface area (Å²) in [6.45, 7) is 0. The van der Waals surface area contributed by atoms with E-state index >= 15 is 0 Å². The lowest BCUT2D eigenvalue weighted by Gasteiger charge is -2.14. The van der Waals surface area contributed by atoms with Gasteiger partial charge in [0.15, 0.2) is 5.82 Å². The van der Waals surface area contributed by atoms with Gasteiger partial charge in [-0.25, -0.2) is 14.2 Å². The summed E-state index contributed by atoms with van der Waals surface area (Å²) in [5.41, 5.74) is -0.567. The number of aliphatic carboxylic acids is 1. The van der Waals surface area contributed by atoms with E-state index in [0.717, 1.165) is 12.3 Å². The molecule has 0 aliphatic rings. The van der Waals surface area contributed by atoms with E-state index in [1.165, 1.54) is 11.8 Å². The van der Waals surface area contributed by atoms with Crippen molar-refractivity contribution >= 4 is 23.6 Å². The van der Waals surface area contributed by atoms with Crippen LogP contribution in [0.25, 0.3) is 0 Å². The van der Waals surface area contributed by atoms with Crippen molar-refractivity contribution in [2.45, 2.75) is 12.5 Å². The third kappa shape index (κ3) is 4.16. The Morgan fingerprint density at radius 3 is 2.79 bits per heavy atom. The lowest BCUT2D eigenvalue weighted by Crippen LogP contribution is -2.41. The van der Waals surface area contributed by atoms with Crippen LogP contribution in [0.5, 0.6) is 0 Å². The maximum atomic E-state index is 13.3. The fraction of sp³-hybridized carbons (Fsp3) is 0.364. The molecule has 8 heteroatoms. The molecular weight excluding hydrogens is 278 g/mol. The van der Waals surface area contributed by atoms with Gasteiger partial charge in [0.1, 0.15) is 6.04 Å². The maximum Gasteiger partial charge on any atom is 0.326 e. The Balaban J connectivity index is 2.82. The number of carbonyl (C=O) groups is 2. The second-order valence-corrected chi connectivity index (χ2v) is 4.59. The van der Waals surface area contributed by atoms with Crippen molar-refractivity contribution in [1.82, 2.24) is 10.3 Å². The number of aromatic nitrogens is 1. The Bertz CT molecular complexity index is 485. The van der Waals surface area contributed by atoms with E-state index in [-0.39, 0.29) is 6.42 Å². The number of nitrogens with one attached hydrogen (secondary N) is 1. The number of halogens is 2. The molecule has 0 aliphatic carbocycles. The molecule has 0 radical (unpaired) electrons. The van der Waals surface area contributed by atoms with Crippen molar-refractivity contribution in [1.29, 1.82) is 0 Å². The molecular formula is C11H12F2N2O3S. The van der Waals surface area contributed by atoms with Gasteiger partial charge in [-0.3, -0.25) is 4.79 Å². The highest BCUT2D eigenvalue weighted by molar-refractivity contribution is 7.98. The molecule has 1 atom stereocenters. The second kappa shape index (κ2) is 7.03. The summed E-state index contributed by atoms with van der Waals surface area (Å²) in [7, 11) is 0. The predicted molar refractivity (Wildman–Crippen MR) is 66.0 cm³/mol. The lowest BCUT2D eigenvalue weighted by atomic mass is 10.2. The van der Waals surface area contributed by atoms with Crippen LogP contribution in [0.1, 0.15) is 16.8 Å². The lowest BCUT2D eigenvalue weighted by molar-refractivity contribution is -0.139. The van der Waals surface area contributed by atoms with Gasteiger partial charge in [0.25, 0.3) is 5.91 Å². The van der Waals surface area contributed by atoms with Crippen LogP contribution in [0.3, 0.4) is 0 Å². The summed E-state index contributed by atoms with van der Waals surface area (Å²) in [6, 6.07) is -0.156. The maximum absolute atomic E-state index is 13.3. The monoisotopic (exact) mass is 290 g/mol. The second-order valence-electron chi connectivity index (χ2n) is 3.61. The van der Waals surface area contributed by atoms with Gasteiger partial charge in [-0.05, 0) is 24.5 Å². The number of pyridine rings is 1. The first-order valence-electron chi connectivity index (χ1n) is 5.30. The highest BCUT2D eigenvalue weighted by atomic mass is 32.2. The van der Waals surface area contributed by atoms with Gasteiger partial charge < -0.3 is 10.4 Å². The number of carboxylic acid groups (broad SMARTS) is 1. The first-order valence-corrected chi connectivity index (χ1v) is 6.69. The normalized spacial score (nSPS) is 11.9. The molecule has 0 spiro atoms. The minimum atomic E-state index is -1.40. The Kier molecular flexibility index (Phi) is 5.68. The van der Waals surface area contributed by atoms with Crippen molar-refractivity contribution in [3.8, 4) is 0 Å². The molecule has 5 nitrogen and oxygen atoms in total.